The molecule has 2 heterocycles. The van der Waals surface area contributed by atoms with Gasteiger partial charge in [-0.25, -0.2) is 0 Å². The lowest BCUT2D eigenvalue weighted by Crippen LogP contribution is -1.92. The molecule has 0 aliphatic carbocycles. The lowest BCUT2D eigenvalue weighted by Gasteiger charge is -1.96. The summed E-state index contributed by atoms with van der Waals surface area (Å²) in [4.78, 5) is 10.9. The summed E-state index contributed by atoms with van der Waals surface area (Å²) in [6, 6.07) is 6.03. The summed E-state index contributed by atoms with van der Waals surface area (Å²) in [5, 5.41) is 1.57. The predicted octanol–water partition coefficient (Wildman–Crippen LogP) is 2.66. The Labute approximate surface area is 86.1 Å². The fourth-order valence-corrected chi connectivity index (χ4v) is 2.55. The maximum atomic E-state index is 10.9. The highest BCUT2D eigenvalue weighted by Crippen LogP contribution is 2.35. The van der Waals surface area contributed by atoms with E-state index in [9.17, 15) is 4.79 Å². The van der Waals surface area contributed by atoms with Crippen molar-refractivity contribution in [1.29, 1.82) is 0 Å². The Hall–Kier alpha value is -1.28. The maximum Gasteiger partial charge on any atom is 0.153 e. The number of para-hydroxylation sites is 1. The zero-order chi connectivity index (χ0) is 9.71. The Morgan fingerprint density at radius 2 is 2.29 bits per heavy atom. The molecule has 1 aliphatic rings. The van der Waals surface area contributed by atoms with Crippen molar-refractivity contribution in [3.63, 3.8) is 0 Å². The van der Waals surface area contributed by atoms with E-state index >= 15 is 0 Å². The minimum atomic E-state index is 0.583. The standard InChI is InChI=1S/C11H8ClNO/c12-11-9(6-14)8-3-1-2-7-4-5-13(11)10(7)8/h1-3,6H,4-5H2. The fourth-order valence-electron chi connectivity index (χ4n) is 2.24. The van der Waals surface area contributed by atoms with Gasteiger partial charge in [0.2, 0.25) is 0 Å². The lowest BCUT2D eigenvalue weighted by atomic mass is 10.1. The number of aryl methyl sites for hydroxylation is 2. The monoisotopic (exact) mass is 205 g/mol. The first-order valence-electron chi connectivity index (χ1n) is 4.57. The molecule has 0 unspecified atom stereocenters. The molecule has 2 aromatic rings. The van der Waals surface area contributed by atoms with Crippen LogP contribution in [-0.2, 0) is 13.0 Å². The van der Waals surface area contributed by atoms with Gasteiger partial charge in [-0.3, -0.25) is 4.79 Å². The van der Waals surface area contributed by atoms with Gasteiger partial charge in [0, 0.05) is 11.9 Å². The molecule has 2 nitrogen and oxygen atoms in total. The smallest absolute Gasteiger partial charge is 0.153 e. The number of rotatable bonds is 1. The van der Waals surface area contributed by atoms with Crippen LogP contribution in [0.25, 0.3) is 10.9 Å². The minimum absolute atomic E-state index is 0.583. The van der Waals surface area contributed by atoms with E-state index in [0.29, 0.717) is 10.7 Å². The van der Waals surface area contributed by atoms with E-state index in [4.69, 9.17) is 11.6 Å². The van der Waals surface area contributed by atoms with Crippen LogP contribution in [0, 0.1) is 0 Å². The van der Waals surface area contributed by atoms with E-state index in [1.165, 1.54) is 5.56 Å². The topological polar surface area (TPSA) is 22.0 Å². The van der Waals surface area contributed by atoms with E-state index in [-0.39, 0.29) is 0 Å². The summed E-state index contributed by atoms with van der Waals surface area (Å²) < 4.78 is 2.02. The predicted molar refractivity (Wildman–Crippen MR) is 56.0 cm³/mol. The molecule has 1 aliphatic heterocycles. The fraction of sp³-hybridized carbons (Fsp3) is 0.182. The summed E-state index contributed by atoms with van der Waals surface area (Å²) in [7, 11) is 0. The highest BCUT2D eigenvalue weighted by Gasteiger charge is 2.21. The van der Waals surface area contributed by atoms with Gasteiger partial charge in [0.15, 0.2) is 6.29 Å². The summed E-state index contributed by atoms with van der Waals surface area (Å²) in [5.41, 5.74) is 3.06. The van der Waals surface area contributed by atoms with Gasteiger partial charge >= 0.3 is 0 Å². The van der Waals surface area contributed by atoms with Crippen LogP contribution < -0.4 is 0 Å². The molecule has 3 rings (SSSR count). The van der Waals surface area contributed by atoms with Gasteiger partial charge in [-0.1, -0.05) is 29.8 Å². The van der Waals surface area contributed by atoms with Gasteiger partial charge < -0.3 is 4.57 Å². The number of halogens is 1. The van der Waals surface area contributed by atoms with Crippen LogP contribution in [0.5, 0.6) is 0 Å². The van der Waals surface area contributed by atoms with Crippen molar-refractivity contribution in [3.8, 4) is 0 Å². The molecule has 3 heteroatoms. The van der Waals surface area contributed by atoms with Gasteiger partial charge in [-0.15, -0.1) is 0 Å². The number of aromatic nitrogens is 1. The molecule has 0 radical (unpaired) electrons. The van der Waals surface area contributed by atoms with E-state index < -0.39 is 0 Å². The largest absolute Gasteiger partial charge is 0.330 e. The third-order valence-corrected chi connectivity index (χ3v) is 3.27. The maximum absolute atomic E-state index is 10.9. The van der Waals surface area contributed by atoms with Crippen molar-refractivity contribution in [1.82, 2.24) is 4.57 Å². The average Bonchev–Trinajstić information content (AvgIpc) is 2.73. The van der Waals surface area contributed by atoms with Gasteiger partial charge in [-0.05, 0) is 12.0 Å². The SMILES string of the molecule is O=Cc1c(Cl)n2c3c(cccc13)CC2. The Morgan fingerprint density at radius 1 is 1.43 bits per heavy atom. The molecule has 70 valence electrons. The van der Waals surface area contributed by atoms with Crippen LogP contribution in [0.3, 0.4) is 0 Å². The lowest BCUT2D eigenvalue weighted by molar-refractivity contribution is 0.112. The molecule has 0 atom stereocenters. The first-order chi connectivity index (χ1) is 6.83. The number of aldehydes is 1. The Kier molecular flexibility index (Phi) is 1.50. The van der Waals surface area contributed by atoms with Crippen molar-refractivity contribution >= 4 is 28.8 Å². The van der Waals surface area contributed by atoms with E-state index in [0.717, 1.165) is 30.2 Å². The summed E-state index contributed by atoms with van der Waals surface area (Å²) in [6.45, 7) is 0.891. The van der Waals surface area contributed by atoms with Crippen molar-refractivity contribution < 1.29 is 4.79 Å². The molecule has 1 aromatic carbocycles. The van der Waals surface area contributed by atoms with E-state index in [2.05, 4.69) is 6.07 Å². The second-order valence-electron chi connectivity index (χ2n) is 3.54. The summed E-state index contributed by atoms with van der Waals surface area (Å²) in [5.74, 6) is 0. The van der Waals surface area contributed by atoms with Crippen LogP contribution in [0.1, 0.15) is 15.9 Å². The van der Waals surface area contributed by atoms with Crippen molar-refractivity contribution in [2.24, 2.45) is 0 Å². The molecule has 0 amide bonds. The zero-order valence-electron chi connectivity index (χ0n) is 7.46. The molecule has 0 saturated heterocycles. The number of hydrogen-bond donors (Lipinski definition) is 0. The van der Waals surface area contributed by atoms with Crippen LogP contribution in [0.2, 0.25) is 5.15 Å². The van der Waals surface area contributed by atoms with Crippen LogP contribution in [0.15, 0.2) is 18.2 Å². The molecule has 0 N–H and O–H groups in total. The second-order valence-corrected chi connectivity index (χ2v) is 3.90. The van der Waals surface area contributed by atoms with E-state index in [1.807, 2.05) is 16.7 Å². The molecular formula is C11H8ClNO. The molecule has 0 fully saturated rings. The highest BCUT2D eigenvalue weighted by atomic mass is 35.5. The Bertz CT molecular complexity index is 542. The van der Waals surface area contributed by atoms with Crippen LogP contribution >= 0.6 is 11.6 Å². The second kappa shape index (κ2) is 2.61. The minimum Gasteiger partial charge on any atom is -0.330 e. The van der Waals surface area contributed by atoms with Crippen molar-refractivity contribution in [3.05, 3.63) is 34.5 Å². The number of hydrogen-bond acceptors (Lipinski definition) is 1. The summed E-state index contributed by atoms with van der Waals surface area (Å²) in [6.07, 6.45) is 1.86. The molecule has 0 bridgehead atoms. The molecule has 0 saturated carbocycles. The van der Waals surface area contributed by atoms with Gasteiger partial charge in [0.1, 0.15) is 5.15 Å². The Morgan fingerprint density at radius 3 is 3.07 bits per heavy atom. The van der Waals surface area contributed by atoms with Crippen molar-refractivity contribution in [2.45, 2.75) is 13.0 Å². The van der Waals surface area contributed by atoms with E-state index in [1.54, 1.807) is 0 Å². The highest BCUT2D eigenvalue weighted by molar-refractivity contribution is 6.34. The molecule has 1 aromatic heterocycles. The first-order valence-corrected chi connectivity index (χ1v) is 4.95. The van der Waals surface area contributed by atoms with Gasteiger partial charge in [-0.2, -0.15) is 0 Å². The molecule has 0 spiro atoms. The zero-order valence-corrected chi connectivity index (χ0v) is 8.21. The number of carbonyl (C=O) groups is 1. The van der Waals surface area contributed by atoms with Crippen LogP contribution in [0.4, 0.5) is 0 Å². The quantitative estimate of drug-likeness (QED) is 0.656. The average molecular weight is 206 g/mol. The number of benzene rings is 1. The normalized spacial score (nSPS) is 13.8. The molecule has 14 heavy (non-hydrogen) atoms. The molecular weight excluding hydrogens is 198 g/mol. The van der Waals surface area contributed by atoms with Gasteiger partial charge in [0.05, 0.1) is 11.1 Å². The number of nitrogens with zero attached hydrogens (tertiary/aromatic N) is 1. The third kappa shape index (κ3) is 0.794. The van der Waals surface area contributed by atoms with Gasteiger partial charge in [0.25, 0.3) is 0 Å². The first kappa shape index (κ1) is 8.06. The Balaban J connectivity index is 2.57. The van der Waals surface area contributed by atoms with Crippen molar-refractivity contribution in [2.75, 3.05) is 0 Å². The van der Waals surface area contributed by atoms with Crippen LogP contribution in [-0.4, -0.2) is 10.9 Å². The third-order valence-electron chi connectivity index (χ3n) is 2.86. The summed E-state index contributed by atoms with van der Waals surface area (Å²) >= 11 is 6.12. The number of carbonyl (C=O) groups excluding carboxylic acids is 1.